The molecular weight excluding hydrogens is 326 g/mol. The number of halogens is 1. The maximum absolute atomic E-state index is 12.3. The van der Waals surface area contributed by atoms with E-state index in [0.717, 1.165) is 32.7 Å². The lowest BCUT2D eigenvalue weighted by Crippen LogP contribution is -3.13. The smallest absolute Gasteiger partial charge is 0.260 e. The predicted octanol–water partition coefficient (Wildman–Crippen LogP) is 0.460. The van der Waals surface area contributed by atoms with Crippen molar-refractivity contribution in [3.05, 3.63) is 59.4 Å². The van der Waals surface area contributed by atoms with Crippen molar-refractivity contribution < 1.29 is 19.4 Å². The Bertz CT molecular complexity index is 656. The van der Waals surface area contributed by atoms with Gasteiger partial charge < -0.3 is 14.5 Å². The maximum Gasteiger partial charge on any atom is 0.260 e. The summed E-state index contributed by atoms with van der Waals surface area (Å²) < 4.78 is 5.54. The van der Waals surface area contributed by atoms with Crippen LogP contribution in [-0.4, -0.2) is 43.6 Å². The number of amides is 1. The zero-order valence-corrected chi connectivity index (χ0v) is 14.3. The molecule has 2 N–H and O–H groups in total. The van der Waals surface area contributed by atoms with Crippen molar-refractivity contribution in [2.45, 2.75) is 6.54 Å². The quantitative estimate of drug-likeness (QED) is 0.854. The number of benzene rings is 1. The number of ether oxygens (including phenoxy) is 1. The van der Waals surface area contributed by atoms with Gasteiger partial charge in [-0.3, -0.25) is 4.79 Å². The first-order chi connectivity index (χ1) is 11.7. The Balaban J connectivity index is 1.42. The third kappa shape index (κ3) is 4.69. The van der Waals surface area contributed by atoms with Gasteiger partial charge in [0.1, 0.15) is 12.3 Å². The van der Waals surface area contributed by atoms with E-state index in [-0.39, 0.29) is 12.5 Å². The largest absolute Gasteiger partial charge is 0.484 e. The molecule has 1 saturated heterocycles. The third-order valence-electron chi connectivity index (χ3n) is 4.24. The molecule has 0 bridgehead atoms. The number of hydrogen-bond donors (Lipinski definition) is 1. The minimum absolute atomic E-state index is 0.0401. The molecule has 6 heteroatoms. The van der Waals surface area contributed by atoms with Crippen molar-refractivity contribution in [3.8, 4) is 5.75 Å². The van der Waals surface area contributed by atoms with Crippen LogP contribution in [0.25, 0.3) is 0 Å². The molecule has 126 valence electrons. The van der Waals surface area contributed by atoms with Gasteiger partial charge in [-0.15, -0.1) is 0 Å². The topological polar surface area (TPSA) is 48.1 Å². The van der Waals surface area contributed by atoms with Gasteiger partial charge in [0.15, 0.2) is 19.0 Å². The van der Waals surface area contributed by atoms with Gasteiger partial charge in [-0.25, -0.2) is 4.98 Å². The summed E-state index contributed by atoms with van der Waals surface area (Å²) in [6.45, 7) is 4.55. The highest BCUT2D eigenvalue weighted by Crippen LogP contribution is 2.15. The Morgan fingerprint density at radius 1 is 1.12 bits per heavy atom. The van der Waals surface area contributed by atoms with Crippen molar-refractivity contribution in [1.82, 2.24) is 4.90 Å². The van der Waals surface area contributed by atoms with E-state index in [0.29, 0.717) is 10.8 Å². The lowest BCUT2D eigenvalue weighted by atomic mass is 10.2. The van der Waals surface area contributed by atoms with Crippen LogP contribution in [0.2, 0.25) is 5.02 Å². The van der Waals surface area contributed by atoms with E-state index in [9.17, 15) is 4.79 Å². The number of carbonyl (C=O) groups excluding carboxylic acids is 1. The van der Waals surface area contributed by atoms with Crippen LogP contribution in [0, 0.1) is 0 Å². The van der Waals surface area contributed by atoms with Gasteiger partial charge in [-0.1, -0.05) is 11.6 Å². The summed E-state index contributed by atoms with van der Waals surface area (Å²) in [7, 11) is 0. The van der Waals surface area contributed by atoms with E-state index in [1.165, 1.54) is 10.5 Å². The molecule has 0 unspecified atom stereocenters. The standard InChI is InChI=1S/C18H20ClN3O2/c19-16-1-3-17(4-2-16)24-14-18(23)22-11-9-21(10-12-22)13-15-5-7-20-8-6-15/h1-8H,9-14H2/p+2. The Morgan fingerprint density at radius 3 is 2.46 bits per heavy atom. The Labute approximate surface area is 146 Å². The zero-order valence-electron chi connectivity index (χ0n) is 13.5. The number of aromatic amines is 1. The van der Waals surface area contributed by atoms with Crippen molar-refractivity contribution >= 4 is 17.5 Å². The number of hydrogen-bond acceptors (Lipinski definition) is 2. The molecule has 0 saturated carbocycles. The number of rotatable bonds is 5. The predicted molar refractivity (Wildman–Crippen MR) is 90.9 cm³/mol. The molecule has 0 radical (unpaired) electrons. The number of nitrogens with zero attached hydrogens (tertiary/aromatic N) is 1. The minimum Gasteiger partial charge on any atom is -0.484 e. The van der Waals surface area contributed by atoms with Gasteiger partial charge in [-0.2, -0.15) is 0 Å². The maximum atomic E-state index is 12.3. The number of aromatic nitrogens is 1. The van der Waals surface area contributed by atoms with Gasteiger partial charge in [0.2, 0.25) is 0 Å². The second-order valence-corrected chi connectivity index (χ2v) is 6.39. The fourth-order valence-corrected chi connectivity index (χ4v) is 2.97. The van der Waals surface area contributed by atoms with Gasteiger partial charge >= 0.3 is 0 Å². The van der Waals surface area contributed by atoms with Gasteiger partial charge in [-0.05, 0) is 24.3 Å². The number of carbonyl (C=O) groups is 1. The fourth-order valence-electron chi connectivity index (χ4n) is 2.84. The Kier molecular flexibility index (Phi) is 5.67. The van der Waals surface area contributed by atoms with Crippen molar-refractivity contribution in [1.29, 1.82) is 0 Å². The Morgan fingerprint density at radius 2 is 1.79 bits per heavy atom. The van der Waals surface area contributed by atoms with Crippen molar-refractivity contribution in [3.63, 3.8) is 0 Å². The summed E-state index contributed by atoms with van der Waals surface area (Å²) in [5.74, 6) is 0.705. The molecule has 1 fully saturated rings. The van der Waals surface area contributed by atoms with Crippen LogP contribution in [0.15, 0.2) is 48.8 Å². The molecule has 1 amide bonds. The molecule has 0 aliphatic carbocycles. The average molecular weight is 348 g/mol. The van der Waals surface area contributed by atoms with Crippen LogP contribution >= 0.6 is 11.6 Å². The first kappa shape index (κ1) is 16.7. The molecular formula is C18H22ClN3O2+2. The number of pyridine rings is 1. The molecule has 5 nitrogen and oxygen atoms in total. The van der Waals surface area contributed by atoms with Crippen LogP contribution in [0.3, 0.4) is 0 Å². The molecule has 3 rings (SSSR count). The number of nitrogens with one attached hydrogen (secondary N) is 2. The minimum atomic E-state index is 0.0401. The SMILES string of the molecule is O=C(COc1ccc(Cl)cc1)N1CC[NH+](Cc2cc[nH+]cc2)CC1. The summed E-state index contributed by atoms with van der Waals surface area (Å²) in [5, 5.41) is 0.657. The summed E-state index contributed by atoms with van der Waals surface area (Å²) in [6, 6.07) is 11.3. The van der Waals surface area contributed by atoms with Crippen LogP contribution in [0.1, 0.15) is 5.56 Å². The average Bonchev–Trinajstić information content (AvgIpc) is 2.62. The molecule has 1 aromatic heterocycles. The van der Waals surface area contributed by atoms with Gasteiger partial charge in [0.25, 0.3) is 5.91 Å². The van der Waals surface area contributed by atoms with E-state index in [2.05, 4.69) is 17.1 Å². The van der Waals surface area contributed by atoms with E-state index in [4.69, 9.17) is 16.3 Å². The lowest BCUT2D eigenvalue weighted by molar-refractivity contribution is -0.917. The number of H-pyrrole nitrogens is 1. The highest BCUT2D eigenvalue weighted by Gasteiger charge is 2.24. The zero-order chi connectivity index (χ0) is 16.8. The van der Waals surface area contributed by atoms with E-state index in [1.807, 2.05) is 17.3 Å². The van der Waals surface area contributed by atoms with Crippen molar-refractivity contribution in [2.24, 2.45) is 0 Å². The van der Waals surface area contributed by atoms with Crippen LogP contribution in [0.4, 0.5) is 0 Å². The van der Waals surface area contributed by atoms with Gasteiger partial charge in [0.05, 0.1) is 26.2 Å². The molecule has 2 aromatic rings. The lowest BCUT2D eigenvalue weighted by Gasteiger charge is -2.32. The Hall–Kier alpha value is -2.11. The molecule has 1 aliphatic heterocycles. The molecule has 1 aromatic carbocycles. The summed E-state index contributed by atoms with van der Waals surface area (Å²) in [6.07, 6.45) is 3.89. The first-order valence-electron chi connectivity index (χ1n) is 8.15. The van der Waals surface area contributed by atoms with Crippen LogP contribution in [-0.2, 0) is 11.3 Å². The van der Waals surface area contributed by atoms with E-state index >= 15 is 0 Å². The molecule has 1 aliphatic rings. The highest BCUT2D eigenvalue weighted by molar-refractivity contribution is 6.30. The second kappa shape index (κ2) is 8.13. The number of piperazine rings is 1. The fraction of sp³-hybridized carbons (Fsp3) is 0.333. The first-order valence-corrected chi connectivity index (χ1v) is 8.53. The van der Waals surface area contributed by atoms with E-state index in [1.54, 1.807) is 24.3 Å². The normalized spacial score (nSPS) is 15.3. The highest BCUT2D eigenvalue weighted by atomic mass is 35.5. The van der Waals surface area contributed by atoms with Crippen molar-refractivity contribution in [2.75, 3.05) is 32.8 Å². The number of quaternary nitrogens is 1. The monoisotopic (exact) mass is 347 g/mol. The molecule has 0 atom stereocenters. The van der Waals surface area contributed by atoms with Crippen LogP contribution in [0.5, 0.6) is 5.75 Å². The van der Waals surface area contributed by atoms with Gasteiger partial charge in [0, 0.05) is 22.7 Å². The van der Waals surface area contributed by atoms with E-state index < -0.39 is 0 Å². The molecule has 2 heterocycles. The summed E-state index contributed by atoms with van der Waals surface area (Å²) >= 11 is 5.83. The molecule has 24 heavy (non-hydrogen) atoms. The van der Waals surface area contributed by atoms with Crippen LogP contribution < -0.4 is 14.6 Å². The third-order valence-corrected chi connectivity index (χ3v) is 4.49. The molecule has 0 spiro atoms. The summed E-state index contributed by atoms with van der Waals surface area (Å²) in [5.41, 5.74) is 1.31. The second-order valence-electron chi connectivity index (χ2n) is 5.96. The summed E-state index contributed by atoms with van der Waals surface area (Å²) in [4.78, 5) is 18.7.